The van der Waals surface area contributed by atoms with Crippen molar-refractivity contribution in [2.75, 3.05) is 11.1 Å². The average molecular weight is 325 g/mol. The molecule has 0 aliphatic carbocycles. The highest BCUT2D eigenvalue weighted by molar-refractivity contribution is 9.10. The second kappa shape index (κ2) is 5.21. The van der Waals surface area contributed by atoms with Crippen LogP contribution in [0, 0.1) is 11.3 Å². The van der Waals surface area contributed by atoms with Gasteiger partial charge in [0.1, 0.15) is 11.0 Å². The lowest BCUT2D eigenvalue weighted by Gasteiger charge is -2.08. The molecule has 2 rings (SSSR count). The van der Waals surface area contributed by atoms with Gasteiger partial charge in [-0.25, -0.2) is 4.98 Å². The molecule has 0 unspecified atom stereocenters. The lowest BCUT2D eigenvalue weighted by molar-refractivity contribution is 1.18. The van der Waals surface area contributed by atoms with Crippen LogP contribution in [0.5, 0.6) is 0 Å². The molecule has 0 atom stereocenters. The molecule has 0 bridgehead atoms. The molecule has 0 aliphatic rings. The minimum absolute atomic E-state index is 0.0924. The largest absolute Gasteiger partial charge is 0.368 e. The van der Waals surface area contributed by atoms with Gasteiger partial charge in [0.2, 0.25) is 5.95 Å². The van der Waals surface area contributed by atoms with E-state index in [1.54, 1.807) is 24.3 Å². The lowest BCUT2D eigenvalue weighted by Crippen LogP contribution is -2.00. The van der Waals surface area contributed by atoms with E-state index in [-0.39, 0.29) is 11.1 Å². The van der Waals surface area contributed by atoms with Crippen molar-refractivity contribution in [2.45, 2.75) is 0 Å². The standard InChI is InChI=1S/C11H7BrClN5/c12-7-3-6(5-14)1-2-8(7)16-10-4-9(13)17-11(15)18-10/h1-4H,(H3,15,16,17,18). The Labute approximate surface area is 117 Å². The Balaban J connectivity index is 2.31. The normalized spacial score (nSPS) is 9.83. The van der Waals surface area contributed by atoms with E-state index < -0.39 is 0 Å². The monoisotopic (exact) mass is 323 g/mol. The van der Waals surface area contributed by atoms with E-state index in [1.165, 1.54) is 0 Å². The number of anilines is 3. The summed E-state index contributed by atoms with van der Waals surface area (Å²) >= 11 is 9.14. The molecule has 0 fully saturated rings. The lowest BCUT2D eigenvalue weighted by atomic mass is 10.2. The topological polar surface area (TPSA) is 87.6 Å². The van der Waals surface area contributed by atoms with Gasteiger partial charge in [-0.1, -0.05) is 11.6 Å². The van der Waals surface area contributed by atoms with Crippen molar-refractivity contribution in [3.8, 4) is 6.07 Å². The van der Waals surface area contributed by atoms with Crippen molar-refractivity contribution >= 4 is 45.0 Å². The molecule has 7 heteroatoms. The summed E-state index contributed by atoms with van der Waals surface area (Å²) in [6.07, 6.45) is 0. The summed E-state index contributed by atoms with van der Waals surface area (Å²) in [6, 6.07) is 8.77. The third-order valence-electron chi connectivity index (χ3n) is 2.07. The van der Waals surface area contributed by atoms with Crippen molar-refractivity contribution in [1.82, 2.24) is 9.97 Å². The molecule has 0 amide bonds. The van der Waals surface area contributed by atoms with Gasteiger partial charge in [0.15, 0.2) is 0 Å². The van der Waals surface area contributed by atoms with Crippen molar-refractivity contribution in [2.24, 2.45) is 0 Å². The van der Waals surface area contributed by atoms with Gasteiger partial charge in [0, 0.05) is 10.5 Å². The summed E-state index contributed by atoms with van der Waals surface area (Å²) in [6.45, 7) is 0. The Morgan fingerprint density at radius 1 is 1.33 bits per heavy atom. The molecule has 3 N–H and O–H groups in total. The van der Waals surface area contributed by atoms with Gasteiger partial charge in [0.05, 0.1) is 17.3 Å². The van der Waals surface area contributed by atoms with Gasteiger partial charge < -0.3 is 11.1 Å². The molecule has 0 aliphatic heterocycles. The number of nitrogens with one attached hydrogen (secondary N) is 1. The average Bonchev–Trinajstić information content (AvgIpc) is 2.30. The van der Waals surface area contributed by atoms with Gasteiger partial charge in [-0.3, -0.25) is 0 Å². The second-order valence-electron chi connectivity index (χ2n) is 3.37. The quantitative estimate of drug-likeness (QED) is 0.829. The van der Waals surface area contributed by atoms with Crippen molar-refractivity contribution < 1.29 is 0 Å². The third kappa shape index (κ3) is 2.88. The Morgan fingerprint density at radius 2 is 2.11 bits per heavy atom. The first-order valence-electron chi connectivity index (χ1n) is 4.85. The molecule has 0 spiro atoms. The number of aromatic nitrogens is 2. The molecule has 0 saturated carbocycles. The van der Waals surface area contributed by atoms with E-state index in [0.717, 1.165) is 10.2 Å². The summed E-state index contributed by atoms with van der Waals surface area (Å²) in [5, 5.41) is 12.1. The fourth-order valence-corrected chi connectivity index (χ4v) is 1.99. The first-order chi connectivity index (χ1) is 8.58. The van der Waals surface area contributed by atoms with Crippen molar-refractivity contribution in [3.05, 3.63) is 39.5 Å². The molecule has 90 valence electrons. The van der Waals surface area contributed by atoms with Crippen LogP contribution in [0.15, 0.2) is 28.7 Å². The summed E-state index contributed by atoms with van der Waals surface area (Å²) < 4.78 is 0.745. The summed E-state index contributed by atoms with van der Waals surface area (Å²) in [5.74, 6) is 0.577. The first kappa shape index (κ1) is 12.6. The minimum Gasteiger partial charge on any atom is -0.368 e. The van der Waals surface area contributed by atoms with Crippen LogP contribution < -0.4 is 11.1 Å². The van der Waals surface area contributed by atoms with Crippen LogP contribution in [-0.4, -0.2) is 9.97 Å². The molecular formula is C11H7BrClN5. The molecule has 1 aromatic heterocycles. The molecule has 0 saturated heterocycles. The van der Waals surface area contributed by atoms with E-state index in [1.807, 2.05) is 0 Å². The van der Waals surface area contributed by atoms with Crippen LogP contribution in [0.2, 0.25) is 5.15 Å². The minimum atomic E-state index is 0.0924. The van der Waals surface area contributed by atoms with Gasteiger partial charge in [-0.05, 0) is 34.1 Å². The summed E-state index contributed by atoms with van der Waals surface area (Å²) in [4.78, 5) is 7.76. The van der Waals surface area contributed by atoms with Crippen LogP contribution in [0.25, 0.3) is 0 Å². The number of nitrogens with zero attached hydrogens (tertiary/aromatic N) is 3. The number of halogens is 2. The molecule has 18 heavy (non-hydrogen) atoms. The van der Waals surface area contributed by atoms with Crippen LogP contribution in [-0.2, 0) is 0 Å². The van der Waals surface area contributed by atoms with Crippen LogP contribution in [0.3, 0.4) is 0 Å². The highest BCUT2D eigenvalue weighted by Crippen LogP contribution is 2.26. The van der Waals surface area contributed by atoms with Crippen LogP contribution >= 0.6 is 27.5 Å². The maximum Gasteiger partial charge on any atom is 0.223 e. The maximum absolute atomic E-state index is 8.77. The number of nitrogen functional groups attached to an aromatic ring is 1. The zero-order valence-electron chi connectivity index (χ0n) is 8.98. The molecule has 0 radical (unpaired) electrons. The zero-order valence-corrected chi connectivity index (χ0v) is 11.3. The molecular weight excluding hydrogens is 318 g/mol. The number of nitrogens with two attached hydrogens (primary N) is 1. The Kier molecular flexibility index (Phi) is 3.65. The van der Waals surface area contributed by atoms with E-state index in [2.05, 4.69) is 37.3 Å². The smallest absolute Gasteiger partial charge is 0.223 e. The maximum atomic E-state index is 8.77. The van der Waals surface area contributed by atoms with Crippen molar-refractivity contribution in [3.63, 3.8) is 0 Å². The van der Waals surface area contributed by atoms with E-state index in [0.29, 0.717) is 11.4 Å². The third-order valence-corrected chi connectivity index (χ3v) is 2.92. The Hall–Kier alpha value is -1.84. The zero-order chi connectivity index (χ0) is 13.1. The fourth-order valence-electron chi connectivity index (χ4n) is 1.32. The predicted octanol–water partition coefficient (Wildman–Crippen LogP) is 3.09. The highest BCUT2D eigenvalue weighted by atomic mass is 79.9. The predicted molar refractivity (Wildman–Crippen MR) is 73.6 cm³/mol. The number of nitriles is 1. The molecule has 5 nitrogen and oxygen atoms in total. The van der Waals surface area contributed by atoms with Crippen LogP contribution in [0.1, 0.15) is 5.56 Å². The highest BCUT2D eigenvalue weighted by Gasteiger charge is 2.05. The van der Waals surface area contributed by atoms with Gasteiger partial charge in [0.25, 0.3) is 0 Å². The van der Waals surface area contributed by atoms with E-state index >= 15 is 0 Å². The number of hydrogen-bond acceptors (Lipinski definition) is 5. The first-order valence-corrected chi connectivity index (χ1v) is 6.02. The van der Waals surface area contributed by atoms with Gasteiger partial charge >= 0.3 is 0 Å². The van der Waals surface area contributed by atoms with Gasteiger partial charge in [-0.15, -0.1) is 0 Å². The van der Waals surface area contributed by atoms with Crippen LogP contribution in [0.4, 0.5) is 17.5 Å². The van der Waals surface area contributed by atoms with Crippen molar-refractivity contribution in [1.29, 1.82) is 5.26 Å². The number of rotatable bonds is 2. The summed E-state index contributed by atoms with van der Waals surface area (Å²) in [7, 11) is 0. The van der Waals surface area contributed by atoms with E-state index in [4.69, 9.17) is 22.6 Å². The Bertz CT molecular complexity index is 618. The second-order valence-corrected chi connectivity index (χ2v) is 4.61. The molecule has 1 heterocycles. The molecule has 1 aromatic carbocycles. The number of benzene rings is 1. The summed E-state index contributed by atoms with van der Waals surface area (Å²) in [5.41, 5.74) is 6.81. The van der Waals surface area contributed by atoms with E-state index in [9.17, 15) is 0 Å². The molecule has 2 aromatic rings. The Morgan fingerprint density at radius 3 is 2.72 bits per heavy atom. The fraction of sp³-hybridized carbons (Fsp3) is 0. The number of hydrogen-bond donors (Lipinski definition) is 2. The van der Waals surface area contributed by atoms with Gasteiger partial charge in [-0.2, -0.15) is 10.2 Å². The SMILES string of the molecule is N#Cc1ccc(Nc2cc(Cl)nc(N)n2)c(Br)c1.